The van der Waals surface area contributed by atoms with E-state index in [1.807, 2.05) is 30.3 Å². The molecule has 0 atom stereocenters. The summed E-state index contributed by atoms with van der Waals surface area (Å²) in [4.78, 5) is 15.9. The zero-order valence-electron chi connectivity index (χ0n) is 14.4. The molecule has 8 nitrogen and oxygen atoms in total. The molecule has 144 valence electrons. The van der Waals surface area contributed by atoms with Crippen molar-refractivity contribution >= 4 is 29.2 Å². The van der Waals surface area contributed by atoms with E-state index in [9.17, 15) is 9.18 Å². The average molecular weight is 404 g/mol. The molecule has 3 N–H and O–H groups in total. The first-order valence-electron chi connectivity index (χ1n) is 8.08. The molecule has 0 aliphatic rings. The Balaban J connectivity index is 1.60. The molecule has 0 saturated heterocycles. The van der Waals surface area contributed by atoms with Gasteiger partial charge in [0.15, 0.2) is 11.5 Å². The first-order valence-corrected chi connectivity index (χ1v) is 8.46. The first kappa shape index (κ1) is 19.3. The summed E-state index contributed by atoms with van der Waals surface area (Å²) in [6.45, 7) is 0.0956. The summed E-state index contributed by atoms with van der Waals surface area (Å²) in [6.07, 6.45) is -0.640. The van der Waals surface area contributed by atoms with E-state index in [1.54, 1.807) is 0 Å². The molecule has 28 heavy (non-hydrogen) atoms. The van der Waals surface area contributed by atoms with Crippen LogP contribution in [0.3, 0.4) is 0 Å². The molecule has 1 heterocycles. The van der Waals surface area contributed by atoms with Crippen LogP contribution in [-0.4, -0.2) is 22.2 Å². The van der Waals surface area contributed by atoms with Crippen molar-refractivity contribution in [1.82, 2.24) is 15.6 Å². The molecule has 2 aromatic carbocycles. The molecule has 0 radical (unpaired) electrons. The predicted octanol–water partition coefficient (Wildman–Crippen LogP) is 3.33. The Morgan fingerprint density at radius 3 is 2.79 bits per heavy atom. The number of benzene rings is 2. The van der Waals surface area contributed by atoms with Crippen LogP contribution in [0.4, 0.5) is 14.9 Å². The van der Waals surface area contributed by atoms with Gasteiger partial charge in [-0.25, -0.2) is 18.8 Å². The minimum absolute atomic E-state index is 0.0293. The third-order valence-electron chi connectivity index (χ3n) is 3.56. The quantitative estimate of drug-likeness (QED) is 0.481. The fourth-order valence-corrected chi connectivity index (χ4v) is 2.37. The van der Waals surface area contributed by atoms with Crippen molar-refractivity contribution in [2.45, 2.75) is 13.2 Å². The number of rotatable bonds is 6. The molecule has 0 bridgehead atoms. The Bertz CT molecular complexity index is 994. The van der Waals surface area contributed by atoms with E-state index >= 15 is 0 Å². The highest BCUT2D eigenvalue weighted by Gasteiger charge is 2.15. The Kier molecular flexibility index (Phi) is 6.18. The third-order valence-corrected chi connectivity index (χ3v) is 3.85. The van der Waals surface area contributed by atoms with Gasteiger partial charge in [-0.2, -0.15) is 0 Å². The molecule has 3 aromatic rings. The number of amidine groups is 1. The van der Waals surface area contributed by atoms with E-state index in [-0.39, 0.29) is 35.4 Å². The predicted molar refractivity (Wildman–Crippen MR) is 99.6 cm³/mol. The van der Waals surface area contributed by atoms with Crippen molar-refractivity contribution in [1.29, 1.82) is 0 Å². The van der Waals surface area contributed by atoms with Crippen LogP contribution < -0.4 is 11.1 Å². The van der Waals surface area contributed by atoms with Gasteiger partial charge in [-0.1, -0.05) is 47.1 Å². The molecule has 0 unspecified atom stereocenters. The van der Waals surface area contributed by atoms with Crippen molar-refractivity contribution in [3.05, 3.63) is 76.3 Å². The van der Waals surface area contributed by atoms with Crippen LogP contribution in [0.1, 0.15) is 17.0 Å². The van der Waals surface area contributed by atoms with Crippen LogP contribution in [0, 0.1) is 5.82 Å². The molecule has 0 aliphatic carbocycles. The van der Waals surface area contributed by atoms with Gasteiger partial charge < -0.3 is 15.8 Å². The van der Waals surface area contributed by atoms with Gasteiger partial charge in [0.1, 0.15) is 18.1 Å². The van der Waals surface area contributed by atoms with Gasteiger partial charge in [-0.15, -0.1) is 0 Å². The SMILES string of the molecule is NC(=Nc1ccc(F)c(Cl)c1)c1nonc1CNC(=O)OCc1ccccc1. The van der Waals surface area contributed by atoms with Crippen LogP contribution in [0.2, 0.25) is 5.02 Å². The van der Waals surface area contributed by atoms with Crippen molar-refractivity contribution in [2.75, 3.05) is 0 Å². The maximum absolute atomic E-state index is 13.2. The molecule has 3 rings (SSSR count). The number of halogens is 2. The molecule has 1 aromatic heterocycles. The minimum atomic E-state index is -0.640. The third kappa shape index (κ3) is 5.04. The molecule has 10 heteroatoms. The van der Waals surface area contributed by atoms with Crippen LogP contribution in [0.5, 0.6) is 0 Å². The summed E-state index contributed by atoms with van der Waals surface area (Å²) in [5.41, 5.74) is 7.49. The van der Waals surface area contributed by atoms with Gasteiger partial charge in [0.2, 0.25) is 0 Å². The monoisotopic (exact) mass is 403 g/mol. The van der Waals surface area contributed by atoms with Crippen molar-refractivity contribution in [2.24, 2.45) is 10.7 Å². The number of ether oxygens (including phenoxy) is 1. The van der Waals surface area contributed by atoms with Gasteiger partial charge in [0, 0.05) is 0 Å². The first-order chi connectivity index (χ1) is 13.5. The molecular formula is C18H15ClFN5O3. The number of amides is 1. The standard InChI is InChI=1S/C18H15ClFN5O3/c19-13-8-12(6-7-14(13)20)23-17(21)16-15(24-28-25-16)9-22-18(26)27-10-11-4-2-1-3-5-11/h1-8H,9-10H2,(H2,21,23)(H,22,26). The summed E-state index contributed by atoms with van der Waals surface area (Å²) in [5, 5.41) is 9.82. The van der Waals surface area contributed by atoms with Crippen molar-refractivity contribution in [3.63, 3.8) is 0 Å². The largest absolute Gasteiger partial charge is 0.445 e. The highest BCUT2D eigenvalue weighted by molar-refractivity contribution is 6.31. The van der Waals surface area contributed by atoms with Gasteiger partial charge in [0.25, 0.3) is 0 Å². The fourth-order valence-electron chi connectivity index (χ4n) is 2.19. The summed E-state index contributed by atoms with van der Waals surface area (Å²) in [7, 11) is 0. The Morgan fingerprint density at radius 1 is 1.25 bits per heavy atom. The summed E-state index contributed by atoms with van der Waals surface area (Å²) in [5.74, 6) is -0.598. The number of nitrogens with two attached hydrogens (primary N) is 1. The second-order valence-corrected chi connectivity index (χ2v) is 5.98. The van der Waals surface area contributed by atoms with Crippen LogP contribution in [0.15, 0.2) is 58.2 Å². The van der Waals surface area contributed by atoms with Gasteiger partial charge in [-0.3, -0.25) is 0 Å². The van der Waals surface area contributed by atoms with Crippen LogP contribution in [-0.2, 0) is 17.9 Å². The van der Waals surface area contributed by atoms with Crippen molar-refractivity contribution in [3.8, 4) is 0 Å². The second kappa shape index (κ2) is 8.96. The van der Waals surface area contributed by atoms with E-state index < -0.39 is 11.9 Å². The zero-order chi connectivity index (χ0) is 19.9. The molecule has 1 amide bonds. The number of aliphatic imine (C=N–C) groups is 1. The average Bonchev–Trinajstić information content (AvgIpc) is 3.17. The number of alkyl carbamates (subject to hydrolysis) is 1. The highest BCUT2D eigenvalue weighted by Crippen LogP contribution is 2.22. The summed E-state index contributed by atoms with van der Waals surface area (Å²) >= 11 is 5.72. The Morgan fingerprint density at radius 2 is 2.04 bits per heavy atom. The topological polar surface area (TPSA) is 116 Å². The normalized spacial score (nSPS) is 11.3. The maximum Gasteiger partial charge on any atom is 0.407 e. The number of nitrogens with zero attached hydrogens (tertiary/aromatic N) is 3. The van der Waals surface area contributed by atoms with Crippen LogP contribution >= 0.6 is 11.6 Å². The zero-order valence-corrected chi connectivity index (χ0v) is 15.2. The van der Waals surface area contributed by atoms with Gasteiger partial charge >= 0.3 is 6.09 Å². The molecule has 0 aliphatic heterocycles. The van der Waals surface area contributed by atoms with E-state index in [2.05, 4.69) is 25.3 Å². The number of carbonyl (C=O) groups is 1. The smallest absolute Gasteiger partial charge is 0.407 e. The Hall–Kier alpha value is -3.46. The lowest BCUT2D eigenvalue weighted by Gasteiger charge is -2.06. The van der Waals surface area contributed by atoms with E-state index in [0.717, 1.165) is 5.56 Å². The van der Waals surface area contributed by atoms with Crippen molar-refractivity contribution < 1.29 is 18.6 Å². The minimum Gasteiger partial charge on any atom is -0.445 e. The second-order valence-electron chi connectivity index (χ2n) is 5.57. The maximum atomic E-state index is 13.2. The highest BCUT2D eigenvalue weighted by atomic mass is 35.5. The summed E-state index contributed by atoms with van der Waals surface area (Å²) in [6, 6.07) is 13.1. The van der Waals surface area contributed by atoms with E-state index in [4.69, 9.17) is 22.1 Å². The number of hydrogen-bond donors (Lipinski definition) is 2. The number of carbonyl (C=O) groups excluding carboxylic acids is 1. The molecule has 0 spiro atoms. The van der Waals surface area contributed by atoms with E-state index in [1.165, 1.54) is 18.2 Å². The van der Waals surface area contributed by atoms with E-state index in [0.29, 0.717) is 5.69 Å². The van der Waals surface area contributed by atoms with Crippen LogP contribution in [0.25, 0.3) is 0 Å². The van der Waals surface area contributed by atoms with Gasteiger partial charge in [-0.05, 0) is 28.9 Å². The number of nitrogens with one attached hydrogen (secondary N) is 1. The number of aromatic nitrogens is 2. The lowest BCUT2D eigenvalue weighted by Crippen LogP contribution is -2.26. The van der Waals surface area contributed by atoms with Gasteiger partial charge in [0.05, 0.1) is 17.3 Å². The lowest BCUT2D eigenvalue weighted by molar-refractivity contribution is 0.139. The lowest BCUT2D eigenvalue weighted by atomic mass is 10.2. The fraction of sp³-hybridized carbons (Fsp3) is 0.111. The number of hydrogen-bond acceptors (Lipinski definition) is 6. The molecule has 0 fully saturated rings. The summed E-state index contributed by atoms with van der Waals surface area (Å²) < 4.78 is 23.0. The molecule has 0 saturated carbocycles. The molecular weight excluding hydrogens is 389 g/mol. The Labute approximate surface area is 164 Å².